The Hall–Kier alpha value is -1.15. The number of hydrogen-bond acceptors (Lipinski definition) is 4. The normalized spacial score (nSPS) is 23.2. The molecule has 2 aliphatic rings. The van der Waals surface area contributed by atoms with Crippen molar-refractivity contribution in [1.29, 1.82) is 0 Å². The zero-order valence-electron chi connectivity index (χ0n) is 13.4. The van der Waals surface area contributed by atoms with Crippen molar-refractivity contribution >= 4 is 27.5 Å². The van der Waals surface area contributed by atoms with Gasteiger partial charge in [-0.2, -0.15) is 4.31 Å². The van der Waals surface area contributed by atoms with E-state index in [2.05, 4.69) is 0 Å². The van der Waals surface area contributed by atoms with Crippen LogP contribution in [0, 0.1) is 5.92 Å². The molecular weight excluding hydrogens is 352 g/mol. The minimum atomic E-state index is -3.68. The molecule has 0 saturated carbocycles. The summed E-state index contributed by atoms with van der Waals surface area (Å²) in [5.41, 5.74) is 0. The molecule has 1 aromatic carbocycles. The van der Waals surface area contributed by atoms with Crippen LogP contribution in [0.25, 0.3) is 0 Å². The topological polar surface area (TPSA) is 66.9 Å². The first kappa shape index (κ1) is 17.7. The van der Waals surface area contributed by atoms with Crippen LogP contribution in [0.4, 0.5) is 0 Å². The number of rotatable bonds is 3. The number of ether oxygens (including phenoxy) is 1. The van der Waals surface area contributed by atoms with E-state index in [4.69, 9.17) is 16.3 Å². The first-order valence-electron chi connectivity index (χ1n) is 8.11. The third-order valence-electron chi connectivity index (χ3n) is 4.51. The van der Waals surface area contributed by atoms with Gasteiger partial charge in [0.2, 0.25) is 15.9 Å². The lowest BCUT2D eigenvalue weighted by molar-refractivity contribution is -0.140. The maximum absolute atomic E-state index is 12.8. The Bertz CT molecular complexity index is 704. The second-order valence-electron chi connectivity index (χ2n) is 6.07. The highest BCUT2D eigenvalue weighted by Crippen LogP contribution is 2.28. The van der Waals surface area contributed by atoms with Crippen LogP contribution in [-0.4, -0.2) is 62.9 Å². The summed E-state index contributed by atoms with van der Waals surface area (Å²) in [5.74, 6) is -0.272. The number of nitrogens with zero attached hydrogens (tertiary/aromatic N) is 2. The number of carbonyl (C=O) groups excluding carboxylic acids is 1. The molecule has 24 heavy (non-hydrogen) atoms. The van der Waals surface area contributed by atoms with Crippen molar-refractivity contribution < 1.29 is 17.9 Å². The molecule has 0 aromatic heterocycles. The van der Waals surface area contributed by atoms with E-state index in [1.807, 2.05) is 0 Å². The van der Waals surface area contributed by atoms with Gasteiger partial charge in [0.05, 0.1) is 24.2 Å². The van der Waals surface area contributed by atoms with Gasteiger partial charge in [0, 0.05) is 26.2 Å². The third kappa shape index (κ3) is 3.59. The lowest BCUT2D eigenvalue weighted by Crippen LogP contribution is -2.49. The number of halogens is 1. The average Bonchev–Trinajstić information content (AvgIpc) is 2.62. The van der Waals surface area contributed by atoms with E-state index in [1.54, 1.807) is 23.1 Å². The van der Waals surface area contributed by atoms with Crippen LogP contribution in [0.1, 0.15) is 12.8 Å². The lowest BCUT2D eigenvalue weighted by atomic mass is 9.98. The second-order valence-corrected chi connectivity index (χ2v) is 8.38. The van der Waals surface area contributed by atoms with Crippen LogP contribution in [0.5, 0.6) is 0 Å². The van der Waals surface area contributed by atoms with Gasteiger partial charge in [0.25, 0.3) is 0 Å². The molecule has 0 N–H and O–H groups in total. The molecule has 3 rings (SSSR count). The van der Waals surface area contributed by atoms with E-state index in [0.717, 1.165) is 0 Å². The maximum atomic E-state index is 12.8. The molecule has 6 nitrogen and oxygen atoms in total. The highest BCUT2D eigenvalue weighted by molar-refractivity contribution is 7.89. The van der Waals surface area contributed by atoms with Crippen LogP contribution < -0.4 is 0 Å². The molecule has 2 aliphatic heterocycles. The summed E-state index contributed by atoms with van der Waals surface area (Å²) >= 11 is 6.05. The number of morpholine rings is 1. The molecular formula is C16H21ClN2O4S. The van der Waals surface area contributed by atoms with Gasteiger partial charge in [-0.1, -0.05) is 23.7 Å². The van der Waals surface area contributed by atoms with Gasteiger partial charge < -0.3 is 9.64 Å². The van der Waals surface area contributed by atoms with Crippen LogP contribution in [0.2, 0.25) is 5.02 Å². The standard InChI is InChI=1S/C16H21ClN2O4S/c17-14-5-1-2-6-15(14)24(21,22)19-7-3-4-13(12-19)16(20)18-8-10-23-11-9-18/h1-2,5-6,13H,3-4,7-12H2. The maximum Gasteiger partial charge on any atom is 0.244 e. The zero-order chi connectivity index (χ0) is 17.2. The molecule has 0 spiro atoms. The number of amides is 1. The largest absolute Gasteiger partial charge is 0.378 e. The Morgan fingerprint density at radius 2 is 1.88 bits per heavy atom. The minimum absolute atomic E-state index is 0.0253. The molecule has 8 heteroatoms. The van der Waals surface area contributed by atoms with Crippen molar-refractivity contribution in [1.82, 2.24) is 9.21 Å². The molecule has 1 atom stereocenters. The fourth-order valence-electron chi connectivity index (χ4n) is 3.20. The second kappa shape index (κ2) is 7.39. The van der Waals surface area contributed by atoms with E-state index in [9.17, 15) is 13.2 Å². The van der Waals surface area contributed by atoms with Crippen molar-refractivity contribution in [3.63, 3.8) is 0 Å². The van der Waals surface area contributed by atoms with E-state index < -0.39 is 10.0 Å². The molecule has 0 radical (unpaired) electrons. The van der Waals surface area contributed by atoms with Crippen molar-refractivity contribution in [2.45, 2.75) is 17.7 Å². The van der Waals surface area contributed by atoms with Gasteiger partial charge in [0.15, 0.2) is 0 Å². The smallest absolute Gasteiger partial charge is 0.244 e. The average molecular weight is 373 g/mol. The van der Waals surface area contributed by atoms with E-state index >= 15 is 0 Å². The first-order valence-corrected chi connectivity index (χ1v) is 9.93. The zero-order valence-corrected chi connectivity index (χ0v) is 14.9. The van der Waals surface area contributed by atoms with Crippen molar-refractivity contribution in [3.05, 3.63) is 29.3 Å². The summed E-state index contributed by atoms with van der Waals surface area (Å²) in [6, 6.07) is 6.42. The Morgan fingerprint density at radius 1 is 1.17 bits per heavy atom. The summed E-state index contributed by atoms with van der Waals surface area (Å²) in [6.45, 7) is 2.86. The van der Waals surface area contributed by atoms with Crippen LogP contribution >= 0.6 is 11.6 Å². The number of sulfonamides is 1. The number of hydrogen-bond donors (Lipinski definition) is 0. The first-order chi connectivity index (χ1) is 11.5. The quantitative estimate of drug-likeness (QED) is 0.808. The molecule has 132 valence electrons. The lowest BCUT2D eigenvalue weighted by Gasteiger charge is -2.35. The van der Waals surface area contributed by atoms with E-state index in [1.165, 1.54) is 10.4 Å². The summed E-state index contributed by atoms with van der Waals surface area (Å²) < 4.78 is 32.4. The molecule has 2 saturated heterocycles. The van der Waals surface area contributed by atoms with Gasteiger partial charge in [-0.3, -0.25) is 4.79 Å². The Kier molecular flexibility index (Phi) is 5.44. The fourth-order valence-corrected chi connectivity index (χ4v) is 5.21. The van der Waals surface area contributed by atoms with Gasteiger partial charge in [-0.25, -0.2) is 8.42 Å². The highest BCUT2D eigenvalue weighted by atomic mass is 35.5. The van der Waals surface area contributed by atoms with Crippen molar-refractivity contribution in [2.24, 2.45) is 5.92 Å². The molecule has 0 bridgehead atoms. The van der Waals surface area contributed by atoms with E-state index in [0.29, 0.717) is 45.7 Å². The number of carbonyl (C=O) groups is 1. The third-order valence-corrected chi connectivity index (χ3v) is 6.88. The van der Waals surface area contributed by atoms with Gasteiger partial charge >= 0.3 is 0 Å². The fraction of sp³-hybridized carbons (Fsp3) is 0.562. The predicted molar refractivity (Wildman–Crippen MR) is 90.3 cm³/mol. The van der Waals surface area contributed by atoms with Crippen molar-refractivity contribution in [2.75, 3.05) is 39.4 Å². The number of piperidine rings is 1. The van der Waals surface area contributed by atoms with Crippen LogP contribution in [-0.2, 0) is 19.6 Å². The van der Waals surface area contributed by atoms with E-state index in [-0.39, 0.29) is 28.3 Å². The Balaban J connectivity index is 1.75. The molecule has 2 fully saturated rings. The summed E-state index contributed by atoms with van der Waals surface area (Å²) in [4.78, 5) is 14.5. The minimum Gasteiger partial charge on any atom is -0.378 e. The van der Waals surface area contributed by atoms with Gasteiger partial charge in [0.1, 0.15) is 4.90 Å². The summed E-state index contributed by atoms with van der Waals surface area (Å²) in [6.07, 6.45) is 1.38. The monoisotopic (exact) mass is 372 g/mol. The summed E-state index contributed by atoms with van der Waals surface area (Å²) in [5, 5.41) is 0.208. The molecule has 2 heterocycles. The number of benzene rings is 1. The summed E-state index contributed by atoms with van der Waals surface area (Å²) in [7, 11) is -3.68. The highest BCUT2D eigenvalue weighted by Gasteiger charge is 2.36. The Labute approximate surface area is 147 Å². The molecule has 1 unspecified atom stereocenters. The Morgan fingerprint density at radius 3 is 2.58 bits per heavy atom. The van der Waals surface area contributed by atoms with Crippen LogP contribution in [0.15, 0.2) is 29.2 Å². The van der Waals surface area contributed by atoms with Gasteiger partial charge in [-0.05, 0) is 25.0 Å². The SMILES string of the molecule is O=C(C1CCCN(S(=O)(=O)c2ccccc2Cl)C1)N1CCOCC1. The predicted octanol–water partition coefficient (Wildman–Crippen LogP) is 1.60. The molecule has 1 aromatic rings. The molecule has 1 amide bonds. The van der Waals surface area contributed by atoms with Crippen molar-refractivity contribution in [3.8, 4) is 0 Å². The van der Waals surface area contributed by atoms with Crippen LogP contribution in [0.3, 0.4) is 0 Å². The molecule has 0 aliphatic carbocycles. The van der Waals surface area contributed by atoms with Gasteiger partial charge in [-0.15, -0.1) is 0 Å².